The van der Waals surface area contributed by atoms with Crippen LogP contribution in [0.3, 0.4) is 0 Å². The second kappa shape index (κ2) is 6.83. The maximum absolute atomic E-state index is 12.7. The van der Waals surface area contributed by atoms with Crippen molar-refractivity contribution in [3.05, 3.63) is 24.0 Å². The Morgan fingerprint density at radius 2 is 2.12 bits per heavy atom. The molecule has 1 aliphatic heterocycles. The first-order valence-corrected chi connectivity index (χ1v) is 8.25. The predicted molar refractivity (Wildman–Crippen MR) is 84.5 cm³/mol. The summed E-state index contributed by atoms with van der Waals surface area (Å²) >= 11 is 0. The summed E-state index contributed by atoms with van der Waals surface area (Å²) in [6.45, 7) is 2.47. The first-order chi connectivity index (χ1) is 11.5. The molecule has 130 valence electrons. The van der Waals surface area contributed by atoms with Crippen molar-refractivity contribution in [3.8, 4) is 0 Å². The van der Waals surface area contributed by atoms with Crippen LogP contribution in [0.2, 0.25) is 0 Å². The van der Waals surface area contributed by atoms with E-state index in [-0.39, 0.29) is 30.2 Å². The fraction of sp³-hybridized carbons (Fsp3) is 0.588. The van der Waals surface area contributed by atoms with Crippen molar-refractivity contribution >= 4 is 17.5 Å². The van der Waals surface area contributed by atoms with Crippen molar-refractivity contribution in [2.24, 2.45) is 17.8 Å². The molecule has 2 aliphatic rings. The maximum atomic E-state index is 12.7. The van der Waals surface area contributed by atoms with Gasteiger partial charge in [-0.25, -0.2) is 0 Å². The average Bonchev–Trinajstić information content (AvgIpc) is 2.99. The minimum Gasteiger partial charge on any atom is -0.337 e. The Labute approximate surface area is 139 Å². The van der Waals surface area contributed by atoms with Gasteiger partial charge in [-0.2, -0.15) is 8.78 Å². The number of halogens is 2. The second-order valence-corrected chi connectivity index (χ2v) is 6.69. The Bertz CT molecular complexity index is 638. The van der Waals surface area contributed by atoms with E-state index < -0.39 is 12.3 Å². The zero-order valence-electron chi connectivity index (χ0n) is 13.5. The van der Waals surface area contributed by atoms with Gasteiger partial charge in [-0.15, -0.1) is 0 Å². The lowest BCUT2D eigenvalue weighted by Gasteiger charge is -2.31. The number of hydrogen-bond donors (Lipinski definition) is 1. The number of hydrogen-bond acceptors (Lipinski definition) is 3. The van der Waals surface area contributed by atoms with Crippen LogP contribution in [0.25, 0.3) is 0 Å². The number of aryl methyl sites for hydroxylation is 1. The molecule has 1 aromatic heterocycles. The molecule has 2 fully saturated rings. The molecular weight excluding hydrogens is 316 g/mol. The van der Waals surface area contributed by atoms with E-state index in [4.69, 9.17) is 0 Å². The molecule has 3 rings (SSSR count). The smallest absolute Gasteiger partial charge is 0.315 e. The number of amides is 2. The molecule has 7 heteroatoms. The normalized spacial score (nSPS) is 26.3. The van der Waals surface area contributed by atoms with Gasteiger partial charge in [-0.05, 0) is 43.2 Å². The predicted octanol–water partition coefficient (Wildman–Crippen LogP) is 2.47. The number of rotatable bonds is 3. The summed E-state index contributed by atoms with van der Waals surface area (Å²) in [6.07, 6.45) is 2.77. The van der Waals surface area contributed by atoms with Crippen LogP contribution in [0.15, 0.2) is 18.5 Å². The summed E-state index contributed by atoms with van der Waals surface area (Å²) in [5.74, 6) is -1.39. The second-order valence-electron chi connectivity index (χ2n) is 6.69. The van der Waals surface area contributed by atoms with Crippen LogP contribution in [0, 0.1) is 24.7 Å². The minimum atomic E-state index is -2.98. The summed E-state index contributed by atoms with van der Waals surface area (Å²) in [5.41, 5.74) is 1.59. The number of pyridine rings is 1. The molecule has 0 spiro atoms. The van der Waals surface area contributed by atoms with Crippen LogP contribution in [0.1, 0.15) is 24.8 Å². The highest BCUT2D eigenvalue weighted by Crippen LogP contribution is 2.41. The van der Waals surface area contributed by atoms with Crippen molar-refractivity contribution in [3.63, 3.8) is 0 Å². The summed E-state index contributed by atoms with van der Waals surface area (Å²) in [7, 11) is 0. The Hall–Kier alpha value is -2.05. The molecule has 2 heterocycles. The molecule has 0 bridgehead atoms. The quantitative estimate of drug-likeness (QED) is 0.922. The van der Waals surface area contributed by atoms with Crippen LogP contribution in [0.4, 0.5) is 14.5 Å². The molecular formula is C17H21F2N3O2. The van der Waals surface area contributed by atoms with E-state index >= 15 is 0 Å². The number of nitrogens with zero attached hydrogens (tertiary/aromatic N) is 2. The Balaban J connectivity index is 1.71. The fourth-order valence-electron chi connectivity index (χ4n) is 3.94. The Kier molecular flexibility index (Phi) is 4.78. The molecule has 5 nitrogen and oxygen atoms in total. The topological polar surface area (TPSA) is 62.3 Å². The van der Waals surface area contributed by atoms with Crippen LogP contribution >= 0.6 is 0 Å². The molecule has 1 N–H and O–H groups in total. The highest BCUT2D eigenvalue weighted by molar-refractivity contribution is 5.93. The largest absolute Gasteiger partial charge is 0.337 e. The molecule has 0 radical (unpaired) electrons. The van der Waals surface area contributed by atoms with Crippen LogP contribution in [0.5, 0.6) is 0 Å². The molecule has 1 aliphatic carbocycles. The van der Waals surface area contributed by atoms with E-state index in [2.05, 4.69) is 10.3 Å². The maximum Gasteiger partial charge on any atom is 0.315 e. The summed E-state index contributed by atoms with van der Waals surface area (Å²) in [4.78, 5) is 29.5. The third kappa shape index (κ3) is 3.25. The lowest BCUT2D eigenvalue weighted by molar-refractivity contribution is -0.142. The number of carbonyl (C=O) groups is 2. The van der Waals surface area contributed by atoms with Gasteiger partial charge in [-0.3, -0.25) is 14.6 Å². The number of alkyl halides is 2. The average molecular weight is 337 g/mol. The molecule has 2 amide bonds. The van der Waals surface area contributed by atoms with Gasteiger partial charge in [-0.1, -0.05) is 6.42 Å². The molecule has 1 aromatic rings. The zero-order chi connectivity index (χ0) is 17.3. The van der Waals surface area contributed by atoms with Gasteiger partial charge in [0.2, 0.25) is 5.91 Å². The summed E-state index contributed by atoms with van der Waals surface area (Å²) in [6, 6.07) is 1.82. The van der Waals surface area contributed by atoms with Crippen LogP contribution < -0.4 is 5.32 Å². The van der Waals surface area contributed by atoms with Crippen molar-refractivity contribution in [2.75, 3.05) is 18.4 Å². The van der Waals surface area contributed by atoms with Gasteiger partial charge >= 0.3 is 6.43 Å². The van der Waals surface area contributed by atoms with Gasteiger partial charge in [0, 0.05) is 25.2 Å². The number of nitrogens with one attached hydrogen (secondary N) is 1. The first-order valence-electron chi connectivity index (χ1n) is 8.25. The van der Waals surface area contributed by atoms with Gasteiger partial charge in [0.05, 0.1) is 11.9 Å². The summed E-state index contributed by atoms with van der Waals surface area (Å²) in [5, 5.41) is 2.91. The first kappa shape index (κ1) is 16.8. The highest BCUT2D eigenvalue weighted by atomic mass is 19.3. The van der Waals surface area contributed by atoms with E-state index in [0.29, 0.717) is 12.2 Å². The minimum absolute atomic E-state index is 0.0431. The van der Waals surface area contributed by atoms with Crippen molar-refractivity contribution in [1.29, 1.82) is 0 Å². The Morgan fingerprint density at radius 1 is 1.33 bits per heavy atom. The molecule has 1 saturated carbocycles. The number of carbonyl (C=O) groups excluding carboxylic acids is 2. The number of fused-ring (bicyclic) bond motifs is 1. The molecule has 3 atom stereocenters. The van der Waals surface area contributed by atoms with E-state index in [0.717, 1.165) is 24.8 Å². The van der Waals surface area contributed by atoms with Gasteiger partial charge < -0.3 is 10.2 Å². The molecule has 24 heavy (non-hydrogen) atoms. The van der Waals surface area contributed by atoms with Crippen molar-refractivity contribution < 1.29 is 18.4 Å². The number of likely N-dealkylation sites (tertiary alicyclic amines) is 1. The van der Waals surface area contributed by atoms with E-state index in [9.17, 15) is 18.4 Å². The van der Waals surface area contributed by atoms with Gasteiger partial charge in [0.1, 0.15) is 0 Å². The third-order valence-corrected chi connectivity index (χ3v) is 5.23. The van der Waals surface area contributed by atoms with Crippen LogP contribution in [-0.2, 0) is 9.59 Å². The lowest BCUT2D eigenvalue weighted by atomic mass is 9.73. The third-order valence-electron chi connectivity index (χ3n) is 5.23. The standard InChI is InChI=1S/C17H21F2N3O2/c1-10-5-6-20-7-14(10)21-16(23)12-4-2-3-11-8-22(9-13(11)12)17(24)15(18)19/h5-7,11-13,15H,2-4,8-9H2,1H3,(H,21,23)/t11-,12-,13-/m1/s1. The lowest BCUT2D eigenvalue weighted by Crippen LogP contribution is -2.37. The zero-order valence-corrected chi connectivity index (χ0v) is 13.5. The van der Waals surface area contributed by atoms with Gasteiger partial charge in [0.25, 0.3) is 5.91 Å². The fourth-order valence-corrected chi connectivity index (χ4v) is 3.94. The van der Waals surface area contributed by atoms with E-state index in [1.807, 2.05) is 13.0 Å². The highest BCUT2D eigenvalue weighted by Gasteiger charge is 2.45. The van der Waals surface area contributed by atoms with E-state index in [1.165, 1.54) is 4.90 Å². The molecule has 0 unspecified atom stereocenters. The van der Waals surface area contributed by atoms with Crippen LogP contribution in [-0.4, -0.2) is 41.2 Å². The van der Waals surface area contributed by atoms with Crippen molar-refractivity contribution in [2.45, 2.75) is 32.6 Å². The molecule has 0 aromatic carbocycles. The van der Waals surface area contributed by atoms with E-state index in [1.54, 1.807) is 12.4 Å². The monoisotopic (exact) mass is 337 g/mol. The summed E-state index contributed by atoms with van der Waals surface area (Å²) < 4.78 is 25.3. The molecule has 1 saturated heterocycles. The SMILES string of the molecule is Cc1ccncc1NC(=O)[C@@H]1CCC[C@@H]2CN(C(=O)C(F)F)C[C@H]21. The number of aromatic nitrogens is 1. The Morgan fingerprint density at radius 3 is 2.83 bits per heavy atom. The number of anilines is 1. The van der Waals surface area contributed by atoms with Gasteiger partial charge in [0.15, 0.2) is 0 Å². The van der Waals surface area contributed by atoms with Crippen molar-refractivity contribution in [1.82, 2.24) is 9.88 Å².